The summed E-state index contributed by atoms with van der Waals surface area (Å²) in [5.74, 6) is 1.13. The molecule has 1 fully saturated rings. The Labute approximate surface area is 157 Å². The van der Waals surface area contributed by atoms with Crippen molar-refractivity contribution in [2.45, 2.75) is 25.2 Å². The predicted octanol–water partition coefficient (Wildman–Crippen LogP) is 4.33. The lowest BCUT2D eigenvalue weighted by Crippen LogP contribution is -2.06. The molecule has 26 heavy (non-hydrogen) atoms. The molecule has 0 atom stereocenters. The van der Waals surface area contributed by atoms with Crippen LogP contribution in [-0.4, -0.2) is 18.0 Å². The topological polar surface area (TPSA) is 60.0 Å². The normalized spacial score (nSPS) is 14.9. The van der Waals surface area contributed by atoms with Gasteiger partial charge < -0.3 is 10.5 Å². The molecule has 2 N–H and O–H groups in total. The van der Waals surface area contributed by atoms with Crippen molar-refractivity contribution in [3.63, 3.8) is 0 Å². The monoisotopic (exact) mass is 371 g/mol. The molecule has 0 unspecified atom stereocenters. The van der Waals surface area contributed by atoms with Gasteiger partial charge in [-0.05, 0) is 42.0 Å². The average Bonchev–Trinajstić information content (AvgIpc) is 3.47. The summed E-state index contributed by atoms with van der Waals surface area (Å²) in [6.45, 7) is 1.10. The van der Waals surface area contributed by atoms with Gasteiger partial charge in [0, 0.05) is 17.9 Å². The van der Waals surface area contributed by atoms with Gasteiger partial charge in [-0.25, -0.2) is 4.39 Å². The van der Waals surface area contributed by atoms with Gasteiger partial charge in [0.25, 0.3) is 0 Å². The van der Waals surface area contributed by atoms with Crippen LogP contribution >= 0.6 is 11.8 Å². The third-order valence-electron chi connectivity index (χ3n) is 4.00. The van der Waals surface area contributed by atoms with E-state index < -0.39 is 0 Å². The van der Waals surface area contributed by atoms with Crippen LogP contribution in [0.25, 0.3) is 0 Å². The standard InChI is InChI=1S/C20H22FN3OS/c21-19-9-8-17(18(10-19)13-25-12-15-6-7-15)11-23-24-20(22)26-14-16-4-2-1-3-5-16/h1-5,8-11,15H,6-7,12-14H2,(H2,22,24). The number of ether oxygens (including phenoxy) is 1. The molecule has 0 bridgehead atoms. The van der Waals surface area contributed by atoms with Gasteiger partial charge in [-0.15, -0.1) is 5.10 Å². The highest BCUT2D eigenvalue weighted by molar-refractivity contribution is 8.13. The van der Waals surface area contributed by atoms with Crippen LogP contribution in [0.5, 0.6) is 0 Å². The van der Waals surface area contributed by atoms with E-state index in [9.17, 15) is 4.39 Å². The first-order valence-corrected chi connectivity index (χ1v) is 9.58. The van der Waals surface area contributed by atoms with Crippen molar-refractivity contribution in [3.8, 4) is 0 Å². The number of hydrogen-bond acceptors (Lipinski definition) is 4. The molecule has 0 amide bonds. The zero-order chi connectivity index (χ0) is 18.2. The second kappa shape index (κ2) is 9.50. The van der Waals surface area contributed by atoms with Crippen molar-refractivity contribution in [3.05, 3.63) is 71.0 Å². The van der Waals surface area contributed by atoms with Crippen LogP contribution in [-0.2, 0) is 17.1 Å². The van der Waals surface area contributed by atoms with Gasteiger partial charge in [0.15, 0.2) is 5.17 Å². The quantitative estimate of drug-likeness (QED) is 0.427. The van der Waals surface area contributed by atoms with Crippen molar-refractivity contribution in [1.29, 1.82) is 0 Å². The van der Waals surface area contributed by atoms with Crippen LogP contribution in [0.15, 0.2) is 58.7 Å². The lowest BCUT2D eigenvalue weighted by Gasteiger charge is -2.07. The first-order valence-electron chi connectivity index (χ1n) is 8.60. The molecule has 0 aliphatic heterocycles. The number of halogens is 1. The second-order valence-corrected chi connectivity index (χ2v) is 7.25. The van der Waals surface area contributed by atoms with Gasteiger partial charge in [0.2, 0.25) is 0 Å². The SMILES string of the molecule is NC(=NN=Cc1ccc(F)cc1COCC1CC1)SCc1ccccc1. The van der Waals surface area contributed by atoms with Gasteiger partial charge in [0.1, 0.15) is 5.82 Å². The van der Waals surface area contributed by atoms with Crippen molar-refractivity contribution in [1.82, 2.24) is 0 Å². The largest absolute Gasteiger partial charge is 0.377 e. The molecule has 2 aromatic carbocycles. The fraction of sp³-hybridized carbons (Fsp3) is 0.300. The Bertz CT molecular complexity index is 776. The molecule has 6 heteroatoms. The van der Waals surface area contributed by atoms with Crippen molar-refractivity contribution in [2.75, 3.05) is 6.61 Å². The lowest BCUT2D eigenvalue weighted by molar-refractivity contribution is 0.111. The Morgan fingerprint density at radius 2 is 2.04 bits per heavy atom. The molecule has 0 radical (unpaired) electrons. The Balaban J connectivity index is 1.55. The maximum absolute atomic E-state index is 13.5. The van der Waals surface area contributed by atoms with Crippen molar-refractivity contribution in [2.24, 2.45) is 21.9 Å². The summed E-state index contributed by atoms with van der Waals surface area (Å²) in [6, 6.07) is 14.6. The Morgan fingerprint density at radius 3 is 2.81 bits per heavy atom. The van der Waals surface area contributed by atoms with E-state index in [-0.39, 0.29) is 5.82 Å². The van der Waals surface area contributed by atoms with E-state index in [1.165, 1.54) is 42.3 Å². The molecule has 0 heterocycles. The molecule has 0 saturated heterocycles. The minimum absolute atomic E-state index is 0.284. The second-order valence-electron chi connectivity index (χ2n) is 6.26. The zero-order valence-electron chi connectivity index (χ0n) is 14.5. The van der Waals surface area contributed by atoms with E-state index in [1.807, 2.05) is 30.3 Å². The number of thioether (sulfide) groups is 1. The minimum atomic E-state index is -0.284. The first kappa shape index (κ1) is 18.6. The number of hydrogen-bond donors (Lipinski definition) is 1. The van der Waals surface area contributed by atoms with Gasteiger partial charge >= 0.3 is 0 Å². The van der Waals surface area contributed by atoms with Gasteiger partial charge in [0.05, 0.1) is 12.8 Å². The fourth-order valence-corrected chi connectivity index (χ4v) is 2.97. The Morgan fingerprint density at radius 1 is 1.23 bits per heavy atom. The molecule has 2 aromatic rings. The van der Waals surface area contributed by atoms with Crippen molar-refractivity contribution >= 4 is 23.1 Å². The van der Waals surface area contributed by atoms with E-state index in [4.69, 9.17) is 10.5 Å². The van der Waals surface area contributed by atoms with Gasteiger partial charge in [-0.3, -0.25) is 0 Å². The maximum atomic E-state index is 13.5. The van der Waals surface area contributed by atoms with E-state index in [0.717, 1.165) is 23.5 Å². The highest BCUT2D eigenvalue weighted by Gasteiger charge is 2.21. The van der Waals surface area contributed by atoms with E-state index in [0.29, 0.717) is 17.7 Å². The van der Waals surface area contributed by atoms with Crippen LogP contribution in [0.1, 0.15) is 29.5 Å². The summed E-state index contributed by atoms with van der Waals surface area (Å²) in [5.41, 5.74) is 8.61. The van der Waals surface area contributed by atoms with Gasteiger partial charge in [-0.1, -0.05) is 48.2 Å². The smallest absolute Gasteiger partial charge is 0.180 e. The Hall–Kier alpha value is -2.18. The molecule has 1 saturated carbocycles. The Kier molecular flexibility index (Phi) is 6.80. The highest BCUT2D eigenvalue weighted by atomic mass is 32.2. The minimum Gasteiger partial charge on any atom is -0.377 e. The molecule has 1 aliphatic rings. The number of rotatable bonds is 8. The van der Waals surface area contributed by atoms with Crippen LogP contribution in [0.4, 0.5) is 4.39 Å². The zero-order valence-corrected chi connectivity index (χ0v) is 15.3. The molecule has 1 aliphatic carbocycles. The van der Waals surface area contributed by atoms with Gasteiger partial charge in [-0.2, -0.15) is 5.10 Å². The van der Waals surface area contributed by atoms with E-state index in [1.54, 1.807) is 12.3 Å². The molecule has 0 aromatic heterocycles. The summed E-state index contributed by atoms with van der Waals surface area (Å²) < 4.78 is 19.2. The summed E-state index contributed by atoms with van der Waals surface area (Å²) in [6.07, 6.45) is 4.05. The van der Waals surface area contributed by atoms with Crippen LogP contribution in [0, 0.1) is 11.7 Å². The first-order chi connectivity index (χ1) is 12.7. The summed E-state index contributed by atoms with van der Waals surface area (Å²) in [4.78, 5) is 0. The predicted molar refractivity (Wildman–Crippen MR) is 106 cm³/mol. The summed E-state index contributed by atoms with van der Waals surface area (Å²) in [5, 5.41) is 8.44. The fourth-order valence-electron chi connectivity index (χ4n) is 2.35. The summed E-state index contributed by atoms with van der Waals surface area (Å²) in [7, 11) is 0. The average molecular weight is 371 g/mol. The highest BCUT2D eigenvalue weighted by Crippen LogP contribution is 2.29. The summed E-state index contributed by atoms with van der Waals surface area (Å²) >= 11 is 1.42. The number of nitrogens with two attached hydrogens (primary N) is 1. The number of benzene rings is 2. The molecule has 4 nitrogen and oxygen atoms in total. The van der Waals surface area contributed by atoms with E-state index in [2.05, 4.69) is 10.2 Å². The molecule has 3 rings (SSSR count). The van der Waals surface area contributed by atoms with Crippen molar-refractivity contribution < 1.29 is 9.13 Å². The lowest BCUT2D eigenvalue weighted by atomic mass is 10.1. The number of nitrogens with zero attached hydrogens (tertiary/aromatic N) is 2. The molecule has 0 spiro atoms. The van der Waals surface area contributed by atoms with Crippen LogP contribution in [0.3, 0.4) is 0 Å². The van der Waals surface area contributed by atoms with Crippen LogP contribution in [0.2, 0.25) is 0 Å². The maximum Gasteiger partial charge on any atom is 0.180 e. The van der Waals surface area contributed by atoms with Crippen LogP contribution < -0.4 is 5.73 Å². The van der Waals surface area contributed by atoms with E-state index >= 15 is 0 Å². The number of amidine groups is 1. The molecular formula is C20H22FN3OS. The molecular weight excluding hydrogens is 349 g/mol. The third kappa shape index (κ3) is 6.28. The third-order valence-corrected chi connectivity index (χ3v) is 4.85. The molecule has 136 valence electrons.